The molecule has 0 bridgehead atoms. The highest BCUT2D eigenvalue weighted by atomic mass is 16.6. The Morgan fingerprint density at radius 2 is 1.86 bits per heavy atom. The second kappa shape index (κ2) is 6.16. The van der Waals surface area contributed by atoms with E-state index >= 15 is 0 Å². The minimum Gasteiger partial charge on any atom is -0.511 e. The van der Waals surface area contributed by atoms with Crippen LogP contribution in [-0.4, -0.2) is 37.7 Å². The van der Waals surface area contributed by atoms with Crippen LogP contribution in [-0.2, 0) is 20.8 Å². The molecule has 10 heteroatoms. The van der Waals surface area contributed by atoms with E-state index < -0.39 is 68.7 Å². The lowest BCUT2D eigenvalue weighted by atomic mass is 9.61. The fraction of sp³-hybridized carbons (Fsp3) is 0.316. The zero-order valence-corrected chi connectivity index (χ0v) is 14.9. The molecule has 10 nitrogen and oxygen atoms in total. The fourth-order valence-corrected chi connectivity index (χ4v) is 4.75. The molecule has 1 aromatic rings. The normalized spacial score (nSPS) is 26.0. The van der Waals surface area contributed by atoms with Crippen molar-refractivity contribution in [3.8, 4) is 5.75 Å². The third-order valence-corrected chi connectivity index (χ3v) is 5.94. The van der Waals surface area contributed by atoms with Crippen molar-refractivity contribution in [3.63, 3.8) is 0 Å². The van der Waals surface area contributed by atoms with Crippen LogP contribution in [0.2, 0.25) is 0 Å². The molecule has 4 rings (SSSR count). The molecular formula is C19H16N2O8. The lowest BCUT2D eigenvalue weighted by Gasteiger charge is -2.41. The third-order valence-electron chi connectivity index (χ3n) is 5.94. The summed E-state index contributed by atoms with van der Waals surface area (Å²) in [6, 6.07) is 2.53. The molecule has 1 fully saturated rings. The van der Waals surface area contributed by atoms with Gasteiger partial charge >= 0.3 is 5.69 Å². The Hall–Kier alpha value is -3.69. The number of aliphatic hydroxyl groups is 2. The maximum atomic E-state index is 13.1. The summed E-state index contributed by atoms with van der Waals surface area (Å²) >= 11 is 0. The first kappa shape index (κ1) is 18.7. The third kappa shape index (κ3) is 2.52. The highest BCUT2D eigenvalue weighted by Crippen LogP contribution is 2.51. The van der Waals surface area contributed by atoms with Crippen molar-refractivity contribution in [2.24, 2.45) is 23.5 Å². The molecule has 3 unspecified atom stereocenters. The predicted molar refractivity (Wildman–Crippen MR) is 96.6 cm³/mol. The average Bonchev–Trinajstić information content (AvgIpc) is 2.60. The van der Waals surface area contributed by atoms with E-state index in [-0.39, 0.29) is 30.4 Å². The van der Waals surface area contributed by atoms with E-state index in [0.29, 0.717) is 5.56 Å². The molecule has 0 heterocycles. The van der Waals surface area contributed by atoms with E-state index in [1.807, 2.05) is 0 Å². The summed E-state index contributed by atoms with van der Waals surface area (Å²) in [6.07, 6.45) is 0.354. The van der Waals surface area contributed by atoms with E-state index in [2.05, 4.69) is 0 Å². The number of benzene rings is 1. The van der Waals surface area contributed by atoms with Crippen molar-refractivity contribution in [1.82, 2.24) is 0 Å². The van der Waals surface area contributed by atoms with Gasteiger partial charge in [-0.1, -0.05) is 6.07 Å². The number of nitro groups is 1. The predicted octanol–water partition coefficient (Wildman–Crippen LogP) is 1.22. The van der Waals surface area contributed by atoms with Crippen molar-refractivity contribution < 1.29 is 34.6 Å². The first-order chi connectivity index (χ1) is 13.6. The highest BCUT2D eigenvalue weighted by Gasteiger charge is 2.51. The van der Waals surface area contributed by atoms with E-state index in [4.69, 9.17) is 5.73 Å². The number of nitro benzene ring substituents is 1. The number of hydrogen-bond donors (Lipinski definition) is 4. The number of allylic oxidation sites excluding steroid dienone is 2. The van der Waals surface area contributed by atoms with Gasteiger partial charge in [0.05, 0.1) is 16.4 Å². The first-order valence-electron chi connectivity index (χ1n) is 8.86. The smallest absolute Gasteiger partial charge is 0.311 e. The molecule has 29 heavy (non-hydrogen) atoms. The number of ketones is 2. The Kier molecular flexibility index (Phi) is 3.96. The van der Waals surface area contributed by atoms with Gasteiger partial charge in [-0.2, -0.15) is 0 Å². The van der Waals surface area contributed by atoms with Crippen LogP contribution in [0.4, 0.5) is 5.69 Å². The lowest BCUT2D eigenvalue weighted by Crippen LogP contribution is -2.44. The summed E-state index contributed by atoms with van der Waals surface area (Å²) in [7, 11) is 0. The van der Waals surface area contributed by atoms with Gasteiger partial charge in [0.25, 0.3) is 5.91 Å². The van der Waals surface area contributed by atoms with Gasteiger partial charge in [0.15, 0.2) is 11.6 Å². The zero-order chi connectivity index (χ0) is 21.2. The van der Waals surface area contributed by atoms with E-state index in [1.165, 1.54) is 6.07 Å². The summed E-state index contributed by atoms with van der Waals surface area (Å²) in [5, 5.41) is 42.5. The van der Waals surface area contributed by atoms with E-state index in [1.54, 1.807) is 0 Å². The molecule has 1 saturated carbocycles. The van der Waals surface area contributed by atoms with Gasteiger partial charge in [0, 0.05) is 18.1 Å². The maximum absolute atomic E-state index is 13.1. The molecule has 150 valence electrons. The monoisotopic (exact) mass is 400 g/mol. The number of Topliss-reactive ketones (excluding diaryl/α,β-unsaturated/α-hetero) is 2. The second-order valence-electron chi connectivity index (χ2n) is 7.48. The number of rotatable bonds is 2. The van der Waals surface area contributed by atoms with Crippen LogP contribution >= 0.6 is 0 Å². The quantitative estimate of drug-likeness (QED) is 0.324. The van der Waals surface area contributed by atoms with Crippen molar-refractivity contribution in [3.05, 3.63) is 50.3 Å². The van der Waals surface area contributed by atoms with Crippen molar-refractivity contribution in [1.29, 1.82) is 0 Å². The topological polar surface area (TPSA) is 181 Å². The van der Waals surface area contributed by atoms with Crippen LogP contribution in [0.5, 0.6) is 5.75 Å². The second-order valence-corrected chi connectivity index (χ2v) is 7.48. The molecule has 3 aliphatic rings. The summed E-state index contributed by atoms with van der Waals surface area (Å²) in [5.41, 5.74) is 4.08. The number of aromatic hydroxyl groups is 1. The molecule has 0 spiro atoms. The molecule has 0 radical (unpaired) electrons. The molecular weight excluding hydrogens is 384 g/mol. The molecule has 0 aromatic heterocycles. The number of phenols is 1. The number of aliphatic hydroxyl groups excluding tert-OH is 2. The lowest BCUT2D eigenvalue weighted by molar-refractivity contribution is -0.385. The summed E-state index contributed by atoms with van der Waals surface area (Å²) in [5.74, 6) is -6.78. The van der Waals surface area contributed by atoms with Crippen molar-refractivity contribution in [2.75, 3.05) is 0 Å². The van der Waals surface area contributed by atoms with Crippen LogP contribution in [0, 0.1) is 27.9 Å². The zero-order valence-electron chi connectivity index (χ0n) is 14.9. The minimum absolute atomic E-state index is 0.0840. The maximum Gasteiger partial charge on any atom is 0.311 e. The Labute approximate surface area is 163 Å². The van der Waals surface area contributed by atoms with Gasteiger partial charge in [-0.05, 0) is 30.2 Å². The molecule has 1 amide bonds. The number of amides is 1. The molecule has 5 N–H and O–H groups in total. The number of fused-ring (bicyclic) bond motifs is 3. The van der Waals surface area contributed by atoms with Gasteiger partial charge < -0.3 is 21.1 Å². The largest absolute Gasteiger partial charge is 0.511 e. The number of hydrogen-bond acceptors (Lipinski definition) is 8. The number of primary amides is 1. The Morgan fingerprint density at radius 1 is 1.17 bits per heavy atom. The van der Waals surface area contributed by atoms with Gasteiger partial charge in [-0.15, -0.1) is 0 Å². The van der Waals surface area contributed by atoms with Gasteiger partial charge in [-0.3, -0.25) is 24.5 Å². The number of carbonyl (C=O) groups excluding carboxylic acids is 3. The average molecular weight is 400 g/mol. The molecule has 0 aliphatic heterocycles. The van der Waals surface area contributed by atoms with Crippen LogP contribution < -0.4 is 5.73 Å². The molecule has 0 saturated heterocycles. The number of nitrogens with two attached hydrogens (primary N) is 1. The van der Waals surface area contributed by atoms with Gasteiger partial charge in [0.2, 0.25) is 5.75 Å². The summed E-state index contributed by atoms with van der Waals surface area (Å²) in [4.78, 5) is 47.1. The van der Waals surface area contributed by atoms with Gasteiger partial charge in [-0.25, -0.2) is 0 Å². The van der Waals surface area contributed by atoms with Crippen molar-refractivity contribution >= 4 is 28.9 Å². The molecule has 3 aliphatic carbocycles. The SMILES string of the molecule is NC(=O)C1=C(O)C2C(=O)C3=C(O)c4c(ccc([N+](=O)[O-])c4O)CC3CC2CC1=O. The summed E-state index contributed by atoms with van der Waals surface area (Å²) < 4.78 is 0. The van der Waals surface area contributed by atoms with Crippen LogP contribution in [0.1, 0.15) is 24.0 Å². The van der Waals surface area contributed by atoms with Crippen LogP contribution in [0.15, 0.2) is 29.0 Å². The van der Waals surface area contributed by atoms with Crippen LogP contribution in [0.25, 0.3) is 5.76 Å². The molecule has 1 aromatic carbocycles. The Morgan fingerprint density at radius 3 is 2.48 bits per heavy atom. The Balaban J connectivity index is 1.88. The number of nitrogens with zero attached hydrogens (tertiary/aromatic N) is 1. The standard InChI is InChI=1S/C19H16N2O8/c20-19(27)14-10(22)5-8-4-7-3-6-1-2-9(21(28)29)15(23)11(6)16(24)12(7)17(25)13(8)18(14)26/h1-2,7-8,13,23-24,26H,3-5H2,(H2,20,27). The Bertz CT molecular complexity index is 1080. The van der Waals surface area contributed by atoms with Crippen molar-refractivity contribution in [2.45, 2.75) is 19.3 Å². The first-order valence-corrected chi connectivity index (χ1v) is 8.86. The van der Waals surface area contributed by atoms with E-state index in [9.17, 15) is 39.8 Å². The number of phenolic OH excluding ortho intramolecular Hbond substituents is 1. The van der Waals surface area contributed by atoms with Gasteiger partial charge in [0.1, 0.15) is 17.1 Å². The molecule has 3 atom stereocenters. The van der Waals surface area contributed by atoms with E-state index in [0.717, 1.165) is 6.07 Å². The highest BCUT2D eigenvalue weighted by molar-refractivity contribution is 6.21. The minimum atomic E-state index is -1.22. The van der Waals surface area contributed by atoms with Crippen LogP contribution in [0.3, 0.4) is 0 Å². The summed E-state index contributed by atoms with van der Waals surface area (Å²) in [6.45, 7) is 0. The number of carbonyl (C=O) groups is 3. The fourth-order valence-electron chi connectivity index (χ4n) is 4.75.